The number of hydrogen-bond acceptors (Lipinski definition) is 4. The number of likely N-dealkylation sites (tertiary alicyclic amines) is 1. The number of amides is 1. The monoisotopic (exact) mass is 263 g/mol. The Bertz CT molecular complexity index is 450. The fourth-order valence-electron chi connectivity index (χ4n) is 2.26. The molecule has 0 bridgehead atoms. The van der Waals surface area contributed by atoms with Crippen LogP contribution in [0, 0.1) is 5.92 Å². The van der Waals surface area contributed by atoms with Gasteiger partial charge in [0.15, 0.2) is 0 Å². The van der Waals surface area contributed by atoms with Crippen LogP contribution in [0.1, 0.15) is 30.6 Å². The molecule has 1 amide bonds. The topological polar surface area (TPSA) is 65.5 Å². The molecule has 2 atom stereocenters. The van der Waals surface area contributed by atoms with Gasteiger partial charge in [-0.05, 0) is 31.4 Å². The molecule has 1 aromatic heterocycles. The minimum absolute atomic E-state index is 0.0347. The first kappa shape index (κ1) is 13.8. The van der Waals surface area contributed by atoms with E-state index >= 15 is 0 Å². The molecule has 2 rings (SSSR count). The summed E-state index contributed by atoms with van der Waals surface area (Å²) >= 11 is 0. The first-order valence-corrected chi connectivity index (χ1v) is 6.79. The molecule has 2 unspecified atom stereocenters. The van der Waals surface area contributed by atoms with E-state index in [9.17, 15) is 9.90 Å². The molecular formula is C14H21N3O2. The maximum atomic E-state index is 12.4. The number of pyridine rings is 1. The summed E-state index contributed by atoms with van der Waals surface area (Å²) in [6.45, 7) is 5.89. The zero-order valence-electron chi connectivity index (χ0n) is 11.5. The lowest BCUT2D eigenvalue weighted by Crippen LogP contribution is -2.45. The van der Waals surface area contributed by atoms with E-state index in [0.717, 1.165) is 13.0 Å². The number of β-amino-alcohol motifs (C(OH)–C–C–N with tert-alkyl or cyclic N) is 1. The number of piperidine rings is 1. The van der Waals surface area contributed by atoms with Gasteiger partial charge in [0.05, 0.1) is 6.10 Å². The molecule has 0 spiro atoms. The van der Waals surface area contributed by atoms with Gasteiger partial charge in [-0.1, -0.05) is 6.92 Å². The van der Waals surface area contributed by atoms with Gasteiger partial charge in [0.2, 0.25) is 0 Å². The second kappa shape index (κ2) is 6.02. The SMILES string of the molecule is CCNc1cc(C(=O)N2CCC(C)C(O)C2)ccn1. The molecule has 0 aliphatic carbocycles. The Hall–Kier alpha value is -1.62. The lowest BCUT2D eigenvalue weighted by atomic mass is 9.95. The van der Waals surface area contributed by atoms with Gasteiger partial charge in [0, 0.05) is 31.4 Å². The van der Waals surface area contributed by atoms with Crippen molar-refractivity contribution in [3.05, 3.63) is 23.9 Å². The van der Waals surface area contributed by atoms with Crippen molar-refractivity contribution < 1.29 is 9.90 Å². The Morgan fingerprint density at radius 1 is 1.63 bits per heavy atom. The summed E-state index contributed by atoms with van der Waals surface area (Å²) in [6, 6.07) is 3.48. The third-order valence-corrected chi connectivity index (χ3v) is 3.57. The highest BCUT2D eigenvalue weighted by Gasteiger charge is 2.27. The summed E-state index contributed by atoms with van der Waals surface area (Å²) in [5.41, 5.74) is 0.618. The lowest BCUT2D eigenvalue weighted by molar-refractivity contribution is 0.0248. The van der Waals surface area contributed by atoms with Crippen molar-refractivity contribution in [3.63, 3.8) is 0 Å². The Balaban J connectivity index is 2.09. The van der Waals surface area contributed by atoms with Gasteiger partial charge in [-0.25, -0.2) is 4.98 Å². The number of aromatic nitrogens is 1. The second-order valence-electron chi connectivity index (χ2n) is 5.04. The maximum Gasteiger partial charge on any atom is 0.254 e. The van der Waals surface area contributed by atoms with E-state index in [1.54, 1.807) is 23.2 Å². The third kappa shape index (κ3) is 3.23. The van der Waals surface area contributed by atoms with Gasteiger partial charge in [0.1, 0.15) is 5.82 Å². The molecule has 1 fully saturated rings. The number of nitrogens with one attached hydrogen (secondary N) is 1. The Labute approximate surface area is 113 Å². The summed E-state index contributed by atoms with van der Waals surface area (Å²) in [6.07, 6.45) is 2.06. The van der Waals surface area contributed by atoms with Crippen LogP contribution in [0.2, 0.25) is 0 Å². The Kier molecular flexibility index (Phi) is 4.37. The van der Waals surface area contributed by atoms with E-state index in [1.807, 2.05) is 13.8 Å². The van der Waals surface area contributed by atoms with Crippen LogP contribution in [0.5, 0.6) is 0 Å². The average Bonchev–Trinajstić information content (AvgIpc) is 2.42. The molecule has 5 heteroatoms. The number of hydrogen-bond donors (Lipinski definition) is 2. The number of rotatable bonds is 3. The summed E-state index contributed by atoms with van der Waals surface area (Å²) in [7, 11) is 0. The standard InChI is InChI=1S/C14H21N3O2/c1-3-15-13-8-11(4-6-16-13)14(19)17-7-5-10(2)12(18)9-17/h4,6,8,10,12,18H,3,5,7,9H2,1-2H3,(H,15,16). The van der Waals surface area contributed by atoms with Crippen molar-refractivity contribution in [3.8, 4) is 0 Å². The fraction of sp³-hybridized carbons (Fsp3) is 0.571. The summed E-state index contributed by atoms with van der Waals surface area (Å²) < 4.78 is 0. The number of anilines is 1. The molecule has 1 aromatic rings. The van der Waals surface area contributed by atoms with E-state index in [-0.39, 0.29) is 11.8 Å². The number of aliphatic hydroxyl groups is 1. The van der Waals surface area contributed by atoms with Crippen LogP contribution in [0.4, 0.5) is 5.82 Å². The van der Waals surface area contributed by atoms with Gasteiger partial charge in [-0.2, -0.15) is 0 Å². The molecule has 1 saturated heterocycles. The van der Waals surface area contributed by atoms with Gasteiger partial charge in [-0.3, -0.25) is 4.79 Å². The van der Waals surface area contributed by atoms with Crippen molar-refractivity contribution >= 4 is 11.7 Å². The van der Waals surface area contributed by atoms with Crippen LogP contribution in [-0.4, -0.2) is 46.6 Å². The summed E-state index contributed by atoms with van der Waals surface area (Å²) in [5, 5.41) is 13.0. The number of carbonyl (C=O) groups is 1. The summed E-state index contributed by atoms with van der Waals surface area (Å²) in [4.78, 5) is 18.2. The van der Waals surface area contributed by atoms with Gasteiger partial charge in [-0.15, -0.1) is 0 Å². The minimum Gasteiger partial charge on any atom is -0.391 e. The molecule has 1 aliphatic heterocycles. The number of aliphatic hydroxyl groups excluding tert-OH is 1. The third-order valence-electron chi connectivity index (χ3n) is 3.57. The first-order chi connectivity index (χ1) is 9.11. The number of carbonyl (C=O) groups excluding carboxylic acids is 1. The quantitative estimate of drug-likeness (QED) is 0.864. The van der Waals surface area contributed by atoms with Gasteiger partial charge in [0.25, 0.3) is 5.91 Å². The molecule has 5 nitrogen and oxygen atoms in total. The average molecular weight is 263 g/mol. The van der Waals surface area contributed by atoms with Crippen LogP contribution in [0.25, 0.3) is 0 Å². The molecule has 19 heavy (non-hydrogen) atoms. The zero-order valence-corrected chi connectivity index (χ0v) is 11.5. The second-order valence-corrected chi connectivity index (χ2v) is 5.04. The molecule has 104 valence electrons. The zero-order chi connectivity index (χ0) is 13.8. The van der Waals surface area contributed by atoms with Crippen LogP contribution in [0.3, 0.4) is 0 Å². The molecular weight excluding hydrogens is 242 g/mol. The van der Waals surface area contributed by atoms with Gasteiger partial charge < -0.3 is 15.3 Å². The van der Waals surface area contributed by atoms with Crippen LogP contribution in [0.15, 0.2) is 18.3 Å². The molecule has 2 N–H and O–H groups in total. The van der Waals surface area contributed by atoms with E-state index in [2.05, 4.69) is 10.3 Å². The normalized spacial score (nSPS) is 23.2. The van der Waals surface area contributed by atoms with E-state index in [1.165, 1.54) is 0 Å². The van der Waals surface area contributed by atoms with E-state index in [0.29, 0.717) is 24.5 Å². The largest absolute Gasteiger partial charge is 0.391 e. The smallest absolute Gasteiger partial charge is 0.254 e. The highest BCUT2D eigenvalue weighted by molar-refractivity contribution is 5.94. The van der Waals surface area contributed by atoms with Crippen molar-refractivity contribution in [2.24, 2.45) is 5.92 Å². The maximum absolute atomic E-state index is 12.4. The molecule has 0 radical (unpaired) electrons. The van der Waals surface area contributed by atoms with Crippen molar-refractivity contribution in [1.29, 1.82) is 0 Å². The fourth-order valence-corrected chi connectivity index (χ4v) is 2.26. The Morgan fingerprint density at radius 3 is 3.11 bits per heavy atom. The highest BCUT2D eigenvalue weighted by Crippen LogP contribution is 2.19. The van der Waals surface area contributed by atoms with Gasteiger partial charge >= 0.3 is 0 Å². The predicted molar refractivity (Wildman–Crippen MR) is 74.1 cm³/mol. The summed E-state index contributed by atoms with van der Waals surface area (Å²) in [5.74, 6) is 0.936. The highest BCUT2D eigenvalue weighted by atomic mass is 16.3. The van der Waals surface area contributed by atoms with E-state index in [4.69, 9.17) is 0 Å². The molecule has 1 aliphatic rings. The predicted octanol–water partition coefficient (Wildman–Crippen LogP) is 1.36. The van der Waals surface area contributed by atoms with Crippen LogP contribution in [-0.2, 0) is 0 Å². The van der Waals surface area contributed by atoms with E-state index < -0.39 is 6.10 Å². The van der Waals surface area contributed by atoms with Crippen molar-refractivity contribution in [2.75, 3.05) is 25.0 Å². The van der Waals surface area contributed by atoms with Crippen molar-refractivity contribution in [2.45, 2.75) is 26.4 Å². The van der Waals surface area contributed by atoms with Crippen LogP contribution >= 0.6 is 0 Å². The molecule has 2 heterocycles. The molecule has 0 saturated carbocycles. The first-order valence-electron chi connectivity index (χ1n) is 6.79. The molecule has 0 aromatic carbocycles. The number of nitrogens with zero attached hydrogens (tertiary/aromatic N) is 2. The lowest BCUT2D eigenvalue weighted by Gasteiger charge is -2.34. The van der Waals surface area contributed by atoms with Crippen molar-refractivity contribution in [1.82, 2.24) is 9.88 Å². The minimum atomic E-state index is -0.423. The van der Waals surface area contributed by atoms with Crippen LogP contribution < -0.4 is 5.32 Å². The Morgan fingerprint density at radius 2 is 2.42 bits per heavy atom.